The second-order valence-electron chi connectivity index (χ2n) is 7.70. The molecule has 1 aromatic carbocycles. The van der Waals surface area contributed by atoms with Gasteiger partial charge in [0.05, 0.1) is 10.8 Å². The van der Waals surface area contributed by atoms with Crippen molar-refractivity contribution in [2.24, 2.45) is 5.92 Å². The molecule has 0 bridgehead atoms. The molecule has 3 rings (SSSR count). The number of anilines is 1. The van der Waals surface area contributed by atoms with Crippen LogP contribution in [-0.4, -0.2) is 46.8 Å². The van der Waals surface area contributed by atoms with E-state index in [-0.39, 0.29) is 29.7 Å². The number of amides is 2. The summed E-state index contributed by atoms with van der Waals surface area (Å²) >= 11 is 0. The minimum Gasteiger partial charge on any atom is -0.455 e. The van der Waals surface area contributed by atoms with Crippen LogP contribution >= 0.6 is 0 Å². The van der Waals surface area contributed by atoms with Crippen LogP contribution in [0.1, 0.15) is 43.2 Å². The van der Waals surface area contributed by atoms with Gasteiger partial charge < -0.3 is 15.0 Å². The lowest BCUT2D eigenvalue weighted by molar-refractivity contribution is -0.384. The molecule has 2 amide bonds. The van der Waals surface area contributed by atoms with Gasteiger partial charge in [0.25, 0.3) is 11.6 Å². The Bertz CT molecular complexity index is 847. The number of aryl methyl sites for hydroxylation is 1. The van der Waals surface area contributed by atoms with Crippen LogP contribution in [0.3, 0.4) is 0 Å². The first-order valence-electron chi connectivity index (χ1n) is 9.78. The van der Waals surface area contributed by atoms with Gasteiger partial charge in [0.15, 0.2) is 6.61 Å². The zero-order valence-electron chi connectivity index (χ0n) is 16.6. The van der Waals surface area contributed by atoms with Gasteiger partial charge in [0.1, 0.15) is 5.69 Å². The molecule has 1 heterocycles. The molecule has 2 fully saturated rings. The van der Waals surface area contributed by atoms with Crippen molar-refractivity contribution in [2.75, 3.05) is 18.5 Å². The van der Waals surface area contributed by atoms with Gasteiger partial charge in [-0.1, -0.05) is 18.9 Å². The number of ether oxygens (including phenoxy) is 1. The fraction of sp³-hybridized carbons (Fsp3) is 0.550. The first-order valence-corrected chi connectivity index (χ1v) is 9.78. The van der Waals surface area contributed by atoms with Crippen LogP contribution < -0.4 is 5.32 Å². The van der Waals surface area contributed by atoms with E-state index in [0.717, 1.165) is 31.2 Å². The van der Waals surface area contributed by atoms with Gasteiger partial charge in [0.2, 0.25) is 5.91 Å². The summed E-state index contributed by atoms with van der Waals surface area (Å²) < 4.78 is 5.09. The second kappa shape index (κ2) is 8.59. The lowest BCUT2D eigenvalue weighted by atomic mass is 10.1. The molecule has 1 saturated carbocycles. The summed E-state index contributed by atoms with van der Waals surface area (Å²) in [5.41, 5.74) is 1.24. The number of carbonyl (C=O) groups excluding carboxylic acids is 3. The van der Waals surface area contributed by atoms with Crippen LogP contribution in [0.2, 0.25) is 0 Å². The lowest BCUT2D eigenvalue weighted by Gasteiger charge is -2.23. The molecule has 1 N–H and O–H groups in total. The van der Waals surface area contributed by atoms with E-state index < -0.39 is 29.3 Å². The van der Waals surface area contributed by atoms with Crippen LogP contribution in [0.15, 0.2) is 12.1 Å². The van der Waals surface area contributed by atoms with Gasteiger partial charge in [-0.05, 0) is 37.8 Å². The van der Waals surface area contributed by atoms with E-state index >= 15 is 0 Å². The quantitative estimate of drug-likeness (QED) is 0.443. The van der Waals surface area contributed by atoms with Crippen LogP contribution in [0, 0.1) is 29.9 Å². The number of esters is 1. The smallest absolute Gasteiger partial charge is 0.311 e. The Hall–Kier alpha value is -2.97. The Balaban J connectivity index is 1.56. The SMILES string of the molecule is Cc1ccc([N+](=O)[O-])c(NC(=O)COC(=O)[C@@H]2CC(=O)N(C3CCCC3)C2)c1C. The third kappa shape index (κ3) is 4.55. The molecule has 0 radical (unpaired) electrons. The Labute approximate surface area is 168 Å². The molecule has 1 saturated heterocycles. The minimum absolute atomic E-state index is 0.0469. The van der Waals surface area contributed by atoms with Gasteiger partial charge in [-0.25, -0.2) is 0 Å². The summed E-state index contributed by atoms with van der Waals surface area (Å²) in [7, 11) is 0. The van der Waals surface area contributed by atoms with E-state index in [2.05, 4.69) is 5.32 Å². The third-order valence-electron chi connectivity index (χ3n) is 5.78. The highest BCUT2D eigenvalue weighted by molar-refractivity contribution is 5.96. The summed E-state index contributed by atoms with van der Waals surface area (Å²) in [5.74, 6) is -1.88. The maximum atomic E-state index is 12.3. The van der Waals surface area contributed by atoms with E-state index in [1.165, 1.54) is 6.07 Å². The molecule has 0 spiro atoms. The first-order chi connectivity index (χ1) is 13.8. The zero-order valence-corrected chi connectivity index (χ0v) is 16.6. The topological polar surface area (TPSA) is 119 Å². The van der Waals surface area contributed by atoms with Gasteiger partial charge in [-0.15, -0.1) is 0 Å². The van der Waals surface area contributed by atoms with Crippen molar-refractivity contribution in [3.05, 3.63) is 33.4 Å². The summed E-state index contributed by atoms with van der Waals surface area (Å²) in [5, 5.41) is 13.7. The fourth-order valence-corrected chi connectivity index (χ4v) is 4.00. The average molecular weight is 403 g/mol. The zero-order chi connectivity index (χ0) is 21.1. The van der Waals surface area contributed by atoms with E-state index in [9.17, 15) is 24.5 Å². The molecule has 9 nitrogen and oxygen atoms in total. The maximum absolute atomic E-state index is 12.3. The lowest BCUT2D eigenvalue weighted by Crippen LogP contribution is -2.35. The number of hydrogen-bond donors (Lipinski definition) is 1. The highest BCUT2D eigenvalue weighted by atomic mass is 16.6. The fourth-order valence-electron chi connectivity index (χ4n) is 4.00. The number of rotatable bonds is 6. The Morgan fingerprint density at radius 1 is 1.28 bits per heavy atom. The monoisotopic (exact) mass is 403 g/mol. The predicted octanol–water partition coefficient (Wildman–Crippen LogP) is 2.48. The third-order valence-corrected chi connectivity index (χ3v) is 5.78. The largest absolute Gasteiger partial charge is 0.455 e. The highest BCUT2D eigenvalue weighted by Crippen LogP contribution is 2.31. The molecule has 9 heteroatoms. The van der Waals surface area contributed by atoms with Crippen molar-refractivity contribution < 1.29 is 24.0 Å². The van der Waals surface area contributed by atoms with E-state index in [1.807, 2.05) is 0 Å². The highest BCUT2D eigenvalue weighted by Gasteiger charge is 2.39. The van der Waals surface area contributed by atoms with Crippen molar-refractivity contribution in [3.63, 3.8) is 0 Å². The van der Waals surface area contributed by atoms with Crippen molar-refractivity contribution >= 4 is 29.2 Å². The Morgan fingerprint density at radius 3 is 2.62 bits per heavy atom. The predicted molar refractivity (Wildman–Crippen MR) is 104 cm³/mol. The number of likely N-dealkylation sites (tertiary alicyclic amines) is 1. The molecule has 156 valence electrons. The number of benzene rings is 1. The van der Waals surface area contributed by atoms with Crippen LogP contribution in [0.25, 0.3) is 0 Å². The van der Waals surface area contributed by atoms with Gasteiger partial charge in [-0.2, -0.15) is 0 Å². The molecule has 1 aromatic rings. The number of nitrogens with one attached hydrogen (secondary N) is 1. The number of carbonyl (C=O) groups is 3. The minimum atomic E-state index is -0.660. The molecule has 29 heavy (non-hydrogen) atoms. The molecule has 2 aliphatic rings. The van der Waals surface area contributed by atoms with E-state index in [1.54, 1.807) is 24.8 Å². The van der Waals surface area contributed by atoms with Gasteiger partial charge >= 0.3 is 5.97 Å². The first kappa shape index (κ1) is 20.8. The van der Waals surface area contributed by atoms with Crippen molar-refractivity contribution in [3.8, 4) is 0 Å². The second-order valence-corrected chi connectivity index (χ2v) is 7.70. The number of nitro groups is 1. The number of hydrogen-bond acceptors (Lipinski definition) is 6. The molecular formula is C20H25N3O6. The van der Waals surface area contributed by atoms with Crippen molar-refractivity contribution in [2.45, 2.75) is 52.0 Å². The normalized spacial score (nSPS) is 19.4. The average Bonchev–Trinajstić information content (AvgIpc) is 3.32. The van der Waals surface area contributed by atoms with Crippen molar-refractivity contribution in [1.29, 1.82) is 0 Å². The molecular weight excluding hydrogens is 378 g/mol. The molecule has 0 aromatic heterocycles. The molecule has 1 aliphatic heterocycles. The summed E-state index contributed by atoms with van der Waals surface area (Å²) in [6, 6.07) is 3.13. The summed E-state index contributed by atoms with van der Waals surface area (Å²) in [6.45, 7) is 3.22. The molecule has 1 aliphatic carbocycles. The Kier molecular flexibility index (Phi) is 6.14. The Morgan fingerprint density at radius 2 is 1.97 bits per heavy atom. The van der Waals surface area contributed by atoms with Crippen LogP contribution in [-0.2, 0) is 19.1 Å². The van der Waals surface area contributed by atoms with Crippen LogP contribution in [0.5, 0.6) is 0 Å². The standard InChI is InChI=1S/C20H25N3O6/c1-12-7-8-16(23(27)28)19(13(12)2)21-17(24)11-29-20(26)14-9-18(25)22(10-14)15-5-3-4-6-15/h7-8,14-15H,3-6,9-11H2,1-2H3,(H,21,24)/t14-/m1/s1. The molecule has 1 atom stereocenters. The maximum Gasteiger partial charge on any atom is 0.311 e. The summed E-state index contributed by atoms with van der Waals surface area (Å²) in [6.07, 6.45) is 4.21. The van der Waals surface area contributed by atoms with Gasteiger partial charge in [0, 0.05) is 25.1 Å². The van der Waals surface area contributed by atoms with Crippen LogP contribution in [0.4, 0.5) is 11.4 Å². The number of nitro benzene ring substituents is 1. The molecule has 0 unspecified atom stereocenters. The van der Waals surface area contributed by atoms with Gasteiger partial charge in [-0.3, -0.25) is 24.5 Å². The van der Waals surface area contributed by atoms with Crippen molar-refractivity contribution in [1.82, 2.24) is 4.90 Å². The van der Waals surface area contributed by atoms with E-state index in [4.69, 9.17) is 4.74 Å². The summed E-state index contributed by atoms with van der Waals surface area (Å²) in [4.78, 5) is 49.1. The van der Waals surface area contributed by atoms with E-state index in [0.29, 0.717) is 12.1 Å². The number of nitrogens with zero attached hydrogens (tertiary/aromatic N) is 2.